The number of thiophene rings is 1. The van der Waals surface area contributed by atoms with Crippen molar-refractivity contribution in [3.63, 3.8) is 0 Å². The standard InChI is InChI=1S/C15H23N3O3S.ClH/c1-3-7-18(11-4-6-16-9-11)10-13(19)17-12-5-8-22-14(12)15(20)21-2;/h5,8,11,16H,3-4,6-7,9-10H2,1-2H3,(H,17,19);1H. The highest BCUT2D eigenvalue weighted by Crippen LogP contribution is 2.23. The molecule has 0 bridgehead atoms. The van der Waals surface area contributed by atoms with Crippen molar-refractivity contribution in [3.8, 4) is 0 Å². The summed E-state index contributed by atoms with van der Waals surface area (Å²) in [7, 11) is 1.34. The zero-order chi connectivity index (χ0) is 15.9. The van der Waals surface area contributed by atoms with E-state index < -0.39 is 5.97 Å². The van der Waals surface area contributed by atoms with Gasteiger partial charge in [-0.25, -0.2) is 4.79 Å². The number of anilines is 1. The van der Waals surface area contributed by atoms with E-state index in [0.29, 0.717) is 23.2 Å². The Morgan fingerprint density at radius 3 is 2.91 bits per heavy atom. The lowest BCUT2D eigenvalue weighted by Gasteiger charge is -2.27. The number of rotatable bonds is 7. The number of hydrogen-bond acceptors (Lipinski definition) is 6. The monoisotopic (exact) mass is 361 g/mol. The Balaban J connectivity index is 0.00000264. The Morgan fingerprint density at radius 1 is 1.52 bits per heavy atom. The van der Waals surface area contributed by atoms with Crippen molar-refractivity contribution >= 4 is 41.3 Å². The Kier molecular flexibility index (Phi) is 8.54. The van der Waals surface area contributed by atoms with Crippen LogP contribution in [0.1, 0.15) is 29.4 Å². The number of carbonyl (C=O) groups excluding carboxylic acids is 2. The van der Waals surface area contributed by atoms with E-state index in [2.05, 4.69) is 22.5 Å². The van der Waals surface area contributed by atoms with E-state index in [-0.39, 0.29) is 18.3 Å². The number of ether oxygens (including phenoxy) is 1. The van der Waals surface area contributed by atoms with Gasteiger partial charge in [0, 0.05) is 12.6 Å². The average molecular weight is 362 g/mol. The molecule has 0 aromatic carbocycles. The van der Waals surface area contributed by atoms with Gasteiger partial charge in [-0.2, -0.15) is 0 Å². The van der Waals surface area contributed by atoms with Gasteiger partial charge < -0.3 is 15.4 Å². The first-order valence-electron chi connectivity index (χ1n) is 7.56. The lowest BCUT2D eigenvalue weighted by molar-refractivity contribution is -0.117. The first kappa shape index (κ1) is 19.9. The summed E-state index contributed by atoms with van der Waals surface area (Å²) in [4.78, 5) is 26.6. The summed E-state index contributed by atoms with van der Waals surface area (Å²) in [5.74, 6) is -0.514. The normalized spacial score (nSPS) is 16.9. The number of carbonyl (C=O) groups is 2. The van der Waals surface area contributed by atoms with Crippen LogP contribution in [-0.2, 0) is 9.53 Å². The lowest BCUT2D eigenvalue weighted by Crippen LogP contribution is -2.42. The lowest BCUT2D eigenvalue weighted by atomic mass is 10.2. The predicted octanol–water partition coefficient (Wildman–Crippen LogP) is 1.97. The first-order chi connectivity index (χ1) is 10.7. The van der Waals surface area contributed by atoms with Gasteiger partial charge in [0.15, 0.2) is 0 Å². The van der Waals surface area contributed by atoms with Gasteiger partial charge in [0.1, 0.15) is 4.88 Å². The van der Waals surface area contributed by atoms with Crippen LogP contribution < -0.4 is 10.6 Å². The third-order valence-electron chi connectivity index (χ3n) is 3.72. The number of hydrogen-bond donors (Lipinski definition) is 2. The smallest absolute Gasteiger partial charge is 0.350 e. The summed E-state index contributed by atoms with van der Waals surface area (Å²) in [6.07, 6.45) is 2.08. The highest BCUT2D eigenvalue weighted by atomic mass is 35.5. The molecule has 1 saturated heterocycles. The molecule has 0 radical (unpaired) electrons. The molecule has 1 aliphatic heterocycles. The molecule has 1 aromatic rings. The largest absolute Gasteiger partial charge is 0.465 e. The fourth-order valence-corrected chi connectivity index (χ4v) is 3.43. The fraction of sp³-hybridized carbons (Fsp3) is 0.600. The molecule has 0 spiro atoms. The van der Waals surface area contributed by atoms with Crippen LogP contribution in [-0.4, -0.2) is 56.1 Å². The molecule has 0 saturated carbocycles. The minimum absolute atomic E-state index is 0. The molecule has 2 N–H and O–H groups in total. The van der Waals surface area contributed by atoms with Crippen LogP contribution in [0.5, 0.6) is 0 Å². The van der Waals surface area contributed by atoms with E-state index >= 15 is 0 Å². The van der Waals surface area contributed by atoms with Crippen molar-refractivity contribution in [2.24, 2.45) is 0 Å². The summed E-state index contributed by atoms with van der Waals surface area (Å²) >= 11 is 1.27. The van der Waals surface area contributed by atoms with Gasteiger partial charge in [-0.1, -0.05) is 6.92 Å². The summed E-state index contributed by atoms with van der Waals surface area (Å²) in [5.41, 5.74) is 0.530. The van der Waals surface area contributed by atoms with E-state index in [1.54, 1.807) is 11.4 Å². The fourth-order valence-electron chi connectivity index (χ4n) is 2.66. The van der Waals surface area contributed by atoms with Crippen LogP contribution in [0.15, 0.2) is 11.4 Å². The van der Waals surface area contributed by atoms with Gasteiger partial charge in [-0.3, -0.25) is 9.69 Å². The van der Waals surface area contributed by atoms with Crippen LogP contribution >= 0.6 is 23.7 Å². The Morgan fingerprint density at radius 2 is 2.30 bits per heavy atom. The maximum Gasteiger partial charge on any atom is 0.350 e. The van der Waals surface area contributed by atoms with Gasteiger partial charge >= 0.3 is 5.97 Å². The van der Waals surface area contributed by atoms with Crippen LogP contribution in [0, 0.1) is 0 Å². The van der Waals surface area contributed by atoms with Crippen molar-refractivity contribution in [2.45, 2.75) is 25.8 Å². The molecule has 6 nitrogen and oxygen atoms in total. The second-order valence-electron chi connectivity index (χ2n) is 5.32. The zero-order valence-corrected chi connectivity index (χ0v) is 15.1. The third-order valence-corrected chi connectivity index (χ3v) is 4.61. The molecule has 1 fully saturated rings. The number of halogens is 1. The number of nitrogens with one attached hydrogen (secondary N) is 2. The predicted molar refractivity (Wildman–Crippen MR) is 94.7 cm³/mol. The molecule has 1 amide bonds. The summed E-state index contributed by atoms with van der Waals surface area (Å²) in [6.45, 7) is 5.29. The van der Waals surface area contributed by atoms with Gasteiger partial charge in [0.05, 0.1) is 19.3 Å². The molecular weight excluding hydrogens is 338 g/mol. The van der Waals surface area contributed by atoms with Gasteiger partial charge in [-0.05, 0) is 37.4 Å². The zero-order valence-electron chi connectivity index (χ0n) is 13.5. The average Bonchev–Trinajstić information content (AvgIpc) is 3.17. The first-order valence-corrected chi connectivity index (χ1v) is 8.44. The third kappa shape index (κ3) is 5.46. The van der Waals surface area contributed by atoms with Crippen molar-refractivity contribution in [2.75, 3.05) is 38.6 Å². The SMILES string of the molecule is CCCN(CC(=O)Nc1ccsc1C(=O)OC)C1CCNC1.Cl. The molecule has 130 valence electrons. The topological polar surface area (TPSA) is 70.7 Å². The van der Waals surface area contributed by atoms with Crippen LogP contribution in [0.25, 0.3) is 0 Å². The number of amides is 1. The van der Waals surface area contributed by atoms with E-state index in [1.807, 2.05) is 0 Å². The second-order valence-corrected chi connectivity index (χ2v) is 6.24. The minimum Gasteiger partial charge on any atom is -0.465 e. The Hall–Kier alpha value is -1.15. The molecule has 2 rings (SSSR count). The van der Waals surface area contributed by atoms with Gasteiger partial charge in [0.25, 0.3) is 0 Å². The maximum atomic E-state index is 12.3. The van der Waals surface area contributed by atoms with Crippen molar-refractivity contribution in [3.05, 3.63) is 16.3 Å². The summed E-state index contributed by atoms with van der Waals surface area (Å²) in [5, 5.41) is 7.93. The molecule has 2 heterocycles. The number of methoxy groups -OCH3 is 1. The highest BCUT2D eigenvalue weighted by Gasteiger charge is 2.24. The number of esters is 1. The molecule has 0 aliphatic carbocycles. The van der Waals surface area contributed by atoms with Gasteiger partial charge in [-0.15, -0.1) is 23.7 Å². The molecule has 1 unspecified atom stereocenters. The van der Waals surface area contributed by atoms with Crippen molar-refractivity contribution in [1.82, 2.24) is 10.2 Å². The molecule has 23 heavy (non-hydrogen) atoms. The minimum atomic E-state index is -0.421. The highest BCUT2D eigenvalue weighted by molar-refractivity contribution is 7.12. The van der Waals surface area contributed by atoms with Crippen LogP contribution in [0.3, 0.4) is 0 Å². The van der Waals surface area contributed by atoms with Crippen molar-refractivity contribution in [1.29, 1.82) is 0 Å². The van der Waals surface area contributed by atoms with E-state index in [4.69, 9.17) is 4.74 Å². The van der Waals surface area contributed by atoms with Crippen LogP contribution in [0.4, 0.5) is 5.69 Å². The molecule has 1 atom stereocenters. The van der Waals surface area contributed by atoms with E-state index in [0.717, 1.165) is 32.5 Å². The Labute approximate surface area is 147 Å². The Bertz CT molecular complexity index is 518. The van der Waals surface area contributed by atoms with Gasteiger partial charge in [0.2, 0.25) is 5.91 Å². The number of nitrogens with zero attached hydrogens (tertiary/aromatic N) is 1. The maximum absolute atomic E-state index is 12.3. The van der Waals surface area contributed by atoms with E-state index in [9.17, 15) is 9.59 Å². The molecule has 1 aliphatic rings. The van der Waals surface area contributed by atoms with E-state index in [1.165, 1.54) is 18.4 Å². The molecule has 8 heteroatoms. The van der Waals surface area contributed by atoms with Crippen molar-refractivity contribution < 1.29 is 14.3 Å². The molecule has 1 aromatic heterocycles. The summed E-state index contributed by atoms with van der Waals surface area (Å²) < 4.78 is 4.72. The molecular formula is C15H24ClN3O3S. The van der Waals surface area contributed by atoms with Crippen LogP contribution in [0.2, 0.25) is 0 Å². The summed E-state index contributed by atoms with van der Waals surface area (Å²) in [6, 6.07) is 2.14. The second kappa shape index (κ2) is 9.87. The quantitative estimate of drug-likeness (QED) is 0.726.